The van der Waals surface area contributed by atoms with Gasteiger partial charge in [0.2, 0.25) is 0 Å². The van der Waals surface area contributed by atoms with E-state index in [9.17, 15) is 0 Å². The standard InChI is InChI=1S/C18H23N7.HI/c1-3-19-18(20-10-9-15-8-7-14(2)21-12-15)22-13-17-24-23-16-6-4-5-11-25(16)17;/h4-8,11-12H,3,9-10,13H2,1-2H3,(H2,19,20,22);1H. The van der Waals surface area contributed by atoms with Crippen molar-refractivity contribution in [2.75, 3.05) is 13.1 Å². The molecule has 0 fully saturated rings. The lowest BCUT2D eigenvalue weighted by molar-refractivity contribution is 0.786. The van der Waals surface area contributed by atoms with Crippen LogP contribution in [-0.4, -0.2) is 38.6 Å². The zero-order valence-electron chi connectivity index (χ0n) is 15.0. The predicted molar refractivity (Wildman–Crippen MR) is 114 cm³/mol. The van der Waals surface area contributed by atoms with Crippen molar-refractivity contribution in [1.82, 2.24) is 30.2 Å². The second-order valence-electron chi connectivity index (χ2n) is 5.72. The number of aliphatic imine (C=N–C) groups is 1. The average Bonchev–Trinajstić information content (AvgIpc) is 3.04. The van der Waals surface area contributed by atoms with Gasteiger partial charge in [-0.15, -0.1) is 34.2 Å². The van der Waals surface area contributed by atoms with E-state index in [1.165, 1.54) is 5.56 Å². The van der Waals surface area contributed by atoms with Crippen molar-refractivity contribution in [3.05, 3.63) is 59.8 Å². The van der Waals surface area contributed by atoms with Crippen molar-refractivity contribution < 1.29 is 0 Å². The Kier molecular flexibility index (Phi) is 7.76. The van der Waals surface area contributed by atoms with E-state index < -0.39 is 0 Å². The molecule has 0 spiro atoms. The van der Waals surface area contributed by atoms with Gasteiger partial charge in [-0.25, -0.2) is 4.99 Å². The van der Waals surface area contributed by atoms with Gasteiger partial charge < -0.3 is 10.6 Å². The Hall–Kier alpha value is -2.23. The number of rotatable bonds is 6. The summed E-state index contributed by atoms with van der Waals surface area (Å²) in [5.41, 5.74) is 3.07. The van der Waals surface area contributed by atoms with Crippen LogP contribution < -0.4 is 10.6 Å². The van der Waals surface area contributed by atoms with Crippen molar-refractivity contribution in [3.8, 4) is 0 Å². The van der Waals surface area contributed by atoms with Crippen LogP contribution in [0.1, 0.15) is 24.0 Å². The van der Waals surface area contributed by atoms with Crippen LogP contribution in [0.25, 0.3) is 5.65 Å². The summed E-state index contributed by atoms with van der Waals surface area (Å²) in [7, 11) is 0. The Morgan fingerprint density at radius 3 is 2.81 bits per heavy atom. The number of hydrogen-bond donors (Lipinski definition) is 2. The van der Waals surface area contributed by atoms with Crippen LogP contribution in [0.5, 0.6) is 0 Å². The lowest BCUT2D eigenvalue weighted by Gasteiger charge is -2.11. The molecule has 3 aromatic heterocycles. The van der Waals surface area contributed by atoms with Crippen LogP contribution in [0.3, 0.4) is 0 Å². The average molecular weight is 465 g/mol. The molecule has 0 aliphatic carbocycles. The van der Waals surface area contributed by atoms with Crippen molar-refractivity contribution in [3.63, 3.8) is 0 Å². The van der Waals surface area contributed by atoms with Crippen molar-refractivity contribution in [2.24, 2.45) is 4.99 Å². The summed E-state index contributed by atoms with van der Waals surface area (Å²) in [6.07, 6.45) is 4.76. The van der Waals surface area contributed by atoms with Crippen LogP contribution in [0.15, 0.2) is 47.7 Å². The zero-order valence-corrected chi connectivity index (χ0v) is 17.3. The number of pyridine rings is 2. The third-order valence-corrected chi connectivity index (χ3v) is 3.79. The number of halogens is 1. The predicted octanol–water partition coefficient (Wildman–Crippen LogP) is 2.35. The Labute approximate surface area is 170 Å². The molecule has 0 atom stereocenters. The van der Waals surface area contributed by atoms with E-state index in [1.54, 1.807) is 0 Å². The van der Waals surface area contributed by atoms with E-state index >= 15 is 0 Å². The number of guanidine groups is 1. The maximum absolute atomic E-state index is 4.61. The second-order valence-corrected chi connectivity index (χ2v) is 5.72. The Morgan fingerprint density at radius 1 is 1.15 bits per heavy atom. The largest absolute Gasteiger partial charge is 0.357 e. The minimum atomic E-state index is 0. The maximum atomic E-state index is 4.61. The summed E-state index contributed by atoms with van der Waals surface area (Å²) in [6.45, 7) is 6.10. The van der Waals surface area contributed by atoms with E-state index in [-0.39, 0.29) is 24.0 Å². The van der Waals surface area contributed by atoms with E-state index in [4.69, 9.17) is 0 Å². The van der Waals surface area contributed by atoms with Gasteiger partial charge in [-0.1, -0.05) is 12.1 Å². The topological polar surface area (TPSA) is 79.5 Å². The molecule has 3 heterocycles. The lowest BCUT2D eigenvalue weighted by atomic mass is 10.2. The molecule has 2 N–H and O–H groups in total. The van der Waals surface area contributed by atoms with Crippen LogP contribution in [0.4, 0.5) is 0 Å². The van der Waals surface area contributed by atoms with Gasteiger partial charge >= 0.3 is 0 Å². The van der Waals surface area contributed by atoms with Gasteiger partial charge in [0.25, 0.3) is 0 Å². The quantitative estimate of drug-likeness (QED) is 0.332. The monoisotopic (exact) mass is 465 g/mol. The van der Waals surface area contributed by atoms with Crippen LogP contribution >= 0.6 is 24.0 Å². The molecule has 0 aliphatic heterocycles. The minimum absolute atomic E-state index is 0. The number of nitrogens with zero attached hydrogens (tertiary/aromatic N) is 5. The lowest BCUT2D eigenvalue weighted by Crippen LogP contribution is -2.38. The minimum Gasteiger partial charge on any atom is -0.357 e. The van der Waals surface area contributed by atoms with Gasteiger partial charge in [0.1, 0.15) is 6.54 Å². The molecule has 7 nitrogen and oxygen atoms in total. The third kappa shape index (κ3) is 5.38. The Morgan fingerprint density at radius 2 is 2.04 bits per heavy atom. The number of aryl methyl sites for hydroxylation is 1. The first-order valence-corrected chi connectivity index (χ1v) is 8.48. The first-order chi connectivity index (χ1) is 12.3. The fourth-order valence-corrected chi connectivity index (χ4v) is 2.46. The molecule has 3 rings (SSSR count). The third-order valence-electron chi connectivity index (χ3n) is 3.79. The van der Waals surface area contributed by atoms with Crippen LogP contribution in [-0.2, 0) is 13.0 Å². The summed E-state index contributed by atoms with van der Waals surface area (Å²) in [5, 5.41) is 15.0. The van der Waals surface area contributed by atoms with E-state index in [0.29, 0.717) is 6.54 Å². The molecular weight excluding hydrogens is 441 g/mol. The molecule has 0 aliphatic rings. The second kappa shape index (κ2) is 10.0. The number of hydrogen-bond acceptors (Lipinski definition) is 4. The summed E-state index contributed by atoms with van der Waals surface area (Å²) in [5.74, 6) is 1.59. The zero-order chi connectivity index (χ0) is 17.5. The highest BCUT2D eigenvalue weighted by molar-refractivity contribution is 14.0. The molecular formula is C18H24IN7. The fourth-order valence-electron chi connectivity index (χ4n) is 2.46. The molecule has 0 amide bonds. The van der Waals surface area contributed by atoms with Crippen molar-refractivity contribution >= 4 is 35.6 Å². The van der Waals surface area contributed by atoms with Gasteiger partial charge in [0.05, 0.1) is 0 Å². The molecule has 26 heavy (non-hydrogen) atoms. The number of nitrogens with one attached hydrogen (secondary N) is 2. The van der Waals surface area contributed by atoms with Gasteiger partial charge in [-0.2, -0.15) is 0 Å². The number of fused-ring (bicyclic) bond motifs is 1. The van der Waals surface area contributed by atoms with E-state index in [2.05, 4.69) is 36.9 Å². The highest BCUT2D eigenvalue weighted by atomic mass is 127. The summed E-state index contributed by atoms with van der Waals surface area (Å²) in [4.78, 5) is 8.93. The SMILES string of the molecule is CCNC(=NCc1nnc2ccccn12)NCCc1ccc(C)nc1.I. The van der Waals surface area contributed by atoms with Gasteiger partial charge in [-0.05, 0) is 44.0 Å². The highest BCUT2D eigenvalue weighted by Crippen LogP contribution is 2.04. The highest BCUT2D eigenvalue weighted by Gasteiger charge is 2.04. The summed E-state index contributed by atoms with van der Waals surface area (Å²) in [6, 6.07) is 9.98. The molecule has 0 bridgehead atoms. The van der Waals surface area contributed by atoms with E-state index in [0.717, 1.165) is 42.6 Å². The molecule has 3 aromatic rings. The summed E-state index contributed by atoms with van der Waals surface area (Å²) < 4.78 is 1.95. The van der Waals surface area contributed by atoms with E-state index in [1.807, 2.05) is 54.9 Å². The van der Waals surface area contributed by atoms with Gasteiger partial charge in [-0.3, -0.25) is 9.38 Å². The number of aromatic nitrogens is 4. The molecule has 0 saturated heterocycles. The maximum Gasteiger partial charge on any atom is 0.191 e. The van der Waals surface area contributed by atoms with Gasteiger partial charge in [0, 0.05) is 31.2 Å². The molecule has 0 radical (unpaired) electrons. The first kappa shape index (κ1) is 20.1. The molecule has 0 aromatic carbocycles. The Balaban J connectivity index is 0.00000243. The van der Waals surface area contributed by atoms with Crippen LogP contribution in [0.2, 0.25) is 0 Å². The molecule has 0 unspecified atom stereocenters. The van der Waals surface area contributed by atoms with Crippen molar-refractivity contribution in [2.45, 2.75) is 26.8 Å². The smallest absolute Gasteiger partial charge is 0.191 e. The molecule has 8 heteroatoms. The first-order valence-electron chi connectivity index (χ1n) is 8.48. The molecule has 0 saturated carbocycles. The van der Waals surface area contributed by atoms with Gasteiger partial charge in [0.15, 0.2) is 17.4 Å². The molecule has 138 valence electrons. The normalized spacial score (nSPS) is 11.2. The fraction of sp³-hybridized carbons (Fsp3) is 0.333. The Bertz CT molecular complexity index is 842. The van der Waals surface area contributed by atoms with Crippen molar-refractivity contribution in [1.29, 1.82) is 0 Å². The summed E-state index contributed by atoms with van der Waals surface area (Å²) >= 11 is 0. The van der Waals surface area contributed by atoms with Crippen LogP contribution in [0, 0.1) is 6.92 Å².